The van der Waals surface area contributed by atoms with Gasteiger partial charge in [-0.05, 0) is 17.5 Å². The molecule has 4 nitrogen and oxygen atoms in total. The van der Waals surface area contributed by atoms with Gasteiger partial charge in [-0.1, -0.05) is 13.8 Å². The zero-order valence-electron chi connectivity index (χ0n) is 10.7. The number of ether oxygens (including phenoxy) is 2. The third-order valence-electron chi connectivity index (χ3n) is 2.66. The Balaban J connectivity index is 3.39. The van der Waals surface area contributed by atoms with Gasteiger partial charge in [0.2, 0.25) is 0 Å². The van der Waals surface area contributed by atoms with Crippen LogP contribution in [0.4, 0.5) is 0 Å². The third kappa shape index (κ3) is 2.77. The first-order valence-corrected chi connectivity index (χ1v) is 5.54. The maximum absolute atomic E-state index is 11.7. The summed E-state index contributed by atoms with van der Waals surface area (Å²) >= 11 is 0. The summed E-state index contributed by atoms with van der Waals surface area (Å²) in [5.74, 6) is 1.36. The fourth-order valence-electron chi connectivity index (χ4n) is 1.70. The summed E-state index contributed by atoms with van der Waals surface area (Å²) < 4.78 is 10.5. The number of carbonyl (C=O) groups is 1. The molecule has 1 aromatic carbocycles. The number of carbonyl (C=O) groups excluding carboxylic acids is 1. The quantitative estimate of drug-likeness (QED) is 0.795. The highest BCUT2D eigenvalue weighted by molar-refractivity contribution is 6.00. The second-order valence-electron chi connectivity index (χ2n) is 4.08. The lowest BCUT2D eigenvalue weighted by Crippen LogP contribution is -2.15. The molecule has 4 heteroatoms. The van der Waals surface area contributed by atoms with E-state index in [1.54, 1.807) is 19.2 Å². The molecule has 0 fully saturated rings. The summed E-state index contributed by atoms with van der Waals surface area (Å²) in [5.41, 5.74) is 6.88. The van der Waals surface area contributed by atoms with Gasteiger partial charge in [0.25, 0.3) is 0 Å². The van der Waals surface area contributed by atoms with Crippen LogP contribution in [0.2, 0.25) is 0 Å². The number of hydrogen-bond acceptors (Lipinski definition) is 4. The fraction of sp³-hybridized carbons (Fsp3) is 0.462. The van der Waals surface area contributed by atoms with E-state index in [2.05, 4.69) is 0 Å². The van der Waals surface area contributed by atoms with Crippen molar-refractivity contribution in [3.8, 4) is 11.5 Å². The van der Waals surface area contributed by atoms with Gasteiger partial charge in [-0.3, -0.25) is 4.79 Å². The largest absolute Gasteiger partial charge is 0.496 e. The van der Waals surface area contributed by atoms with Crippen LogP contribution in [0.15, 0.2) is 12.1 Å². The van der Waals surface area contributed by atoms with E-state index >= 15 is 0 Å². The number of ketones is 1. The molecule has 0 radical (unpaired) electrons. The molecule has 0 spiro atoms. The third-order valence-corrected chi connectivity index (χ3v) is 2.66. The minimum atomic E-state index is -0.133. The van der Waals surface area contributed by atoms with E-state index in [0.29, 0.717) is 11.3 Å². The highest BCUT2D eigenvalue weighted by atomic mass is 16.5. The average Bonchev–Trinajstić information content (AvgIpc) is 2.35. The van der Waals surface area contributed by atoms with Gasteiger partial charge in [-0.15, -0.1) is 0 Å². The zero-order chi connectivity index (χ0) is 13.0. The monoisotopic (exact) mass is 237 g/mol. The van der Waals surface area contributed by atoms with Gasteiger partial charge in [0.15, 0.2) is 5.78 Å². The van der Waals surface area contributed by atoms with Gasteiger partial charge in [-0.25, -0.2) is 0 Å². The smallest absolute Gasteiger partial charge is 0.180 e. The number of benzene rings is 1. The number of nitrogens with two attached hydrogens (primary N) is 1. The highest BCUT2D eigenvalue weighted by Gasteiger charge is 2.17. The zero-order valence-corrected chi connectivity index (χ0v) is 10.7. The summed E-state index contributed by atoms with van der Waals surface area (Å²) in [6, 6.07) is 3.54. The van der Waals surface area contributed by atoms with Crippen LogP contribution in [-0.2, 0) is 0 Å². The van der Waals surface area contributed by atoms with Crippen molar-refractivity contribution in [1.29, 1.82) is 0 Å². The minimum absolute atomic E-state index is 0.0276. The first-order chi connectivity index (χ1) is 8.04. The lowest BCUT2D eigenvalue weighted by Gasteiger charge is -2.16. The molecule has 0 aromatic heterocycles. The van der Waals surface area contributed by atoms with Crippen LogP contribution in [0.5, 0.6) is 11.5 Å². The van der Waals surface area contributed by atoms with Crippen molar-refractivity contribution in [2.24, 2.45) is 5.73 Å². The Bertz CT molecular complexity index is 413. The lowest BCUT2D eigenvalue weighted by atomic mass is 9.97. The van der Waals surface area contributed by atoms with Gasteiger partial charge < -0.3 is 15.2 Å². The van der Waals surface area contributed by atoms with Crippen LogP contribution in [-0.4, -0.2) is 26.5 Å². The Labute approximate surface area is 102 Å². The molecule has 0 aliphatic carbocycles. The summed E-state index contributed by atoms with van der Waals surface area (Å²) in [6.07, 6.45) is 0. The SMILES string of the molecule is COc1cc(OC)c(C(C)C)cc1C(=O)CN. The minimum Gasteiger partial charge on any atom is -0.496 e. The molecule has 17 heavy (non-hydrogen) atoms. The number of hydrogen-bond donors (Lipinski definition) is 1. The molecule has 2 N–H and O–H groups in total. The molecular weight excluding hydrogens is 218 g/mol. The molecule has 0 atom stereocenters. The fourth-order valence-corrected chi connectivity index (χ4v) is 1.70. The van der Waals surface area contributed by atoms with E-state index < -0.39 is 0 Å². The lowest BCUT2D eigenvalue weighted by molar-refractivity contribution is 0.0998. The van der Waals surface area contributed by atoms with E-state index in [0.717, 1.165) is 11.3 Å². The van der Waals surface area contributed by atoms with Gasteiger partial charge in [0.1, 0.15) is 11.5 Å². The highest BCUT2D eigenvalue weighted by Crippen LogP contribution is 2.33. The van der Waals surface area contributed by atoms with Crippen molar-refractivity contribution in [3.63, 3.8) is 0 Å². The van der Waals surface area contributed by atoms with Gasteiger partial charge in [0, 0.05) is 6.07 Å². The standard InChI is InChI=1S/C13H19NO3/c1-8(2)9-5-10(11(15)7-14)13(17-4)6-12(9)16-3/h5-6,8H,7,14H2,1-4H3. The molecule has 1 rings (SSSR count). The van der Waals surface area contributed by atoms with Crippen molar-refractivity contribution in [2.75, 3.05) is 20.8 Å². The van der Waals surface area contributed by atoms with Crippen LogP contribution in [0.3, 0.4) is 0 Å². The van der Waals surface area contributed by atoms with Gasteiger partial charge in [-0.2, -0.15) is 0 Å². The Morgan fingerprint density at radius 3 is 2.24 bits per heavy atom. The number of rotatable bonds is 5. The molecule has 1 aromatic rings. The Morgan fingerprint density at radius 2 is 1.82 bits per heavy atom. The summed E-state index contributed by atoms with van der Waals surface area (Å²) in [4.78, 5) is 11.7. The van der Waals surface area contributed by atoms with Crippen LogP contribution < -0.4 is 15.2 Å². The van der Waals surface area contributed by atoms with Crippen molar-refractivity contribution >= 4 is 5.78 Å². The first-order valence-electron chi connectivity index (χ1n) is 5.54. The van der Waals surface area contributed by atoms with E-state index in [-0.39, 0.29) is 18.2 Å². The predicted octanol–water partition coefficient (Wildman–Crippen LogP) is 1.97. The molecule has 0 unspecified atom stereocenters. The molecule has 94 valence electrons. The molecule has 0 aliphatic rings. The van der Waals surface area contributed by atoms with Crippen molar-refractivity contribution < 1.29 is 14.3 Å². The topological polar surface area (TPSA) is 61.5 Å². The van der Waals surface area contributed by atoms with Crippen molar-refractivity contribution in [2.45, 2.75) is 19.8 Å². The summed E-state index contributed by atoms with van der Waals surface area (Å²) in [5, 5.41) is 0. The van der Waals surface area contributed by atoms with E-state index in [1.165, 1.54) is 7.11 Å². The van der Waals surface area contributed by atoms with Gasteiger partial charge >= 0.3 is 0 Å². The van der Waals surface area contributed by atoms with Crippen LogP contribution >= 0.6 is 0 Å². The van der Waals surface area contributed by atoms with E-state index in [1.807, 2.05) is 13.8 Å². The second-order valence-corrected chi connectivity index (χ2v) is 4.08. The summed E-state index contributed by atoms with van der Waals surface area (Å²) in [6.45, 7) is 4.06. The molecule has 0 saturated carbocycles. The van der Waals surface area contributed by atoms with Crippen molar-refractivity contribution in [1.82, 2.24) is 0 Å². The van der Waals surface area contributed by atoms with Crippen molar-refractivity contribution in [3.05, 3.63) is 23.3 Å². The predicted molar refractivity (Wildman–Crippen MR) is 67.0 cm³/mol. The summed E-state index contributed by atoms with van der Waals surface area (Å²) in [7, 11) is 3.13. The molecule has 0 amide bonds. The first kappa shape index (κ1) is 13.5. The van der Waals surface area contributed by atoms with Crippen LogP contribution in [0.1, 0.15) is 35.7 Å². The number of Topliss-reactive ketones (excluding diaryl/α,β-unsaturated/α-hetero) is 1. The average molecular weight is 237 g/mol. The van der Waals surface area contributed by atoms with E-state index in [4.69, 9.17) is 15.2 Å². The van der Waals surface area contributed by atoms with E-state index in [9.17, 15) is 4.79 Å². The maximum atomic E-state index is 11.7. The van der Waals surface area contributed by atoms with Gasteiger partial charge in [0.05, 0.1) is 26.3 Å². The Kier molecular flexibility index (Phi) is 4.52. The van der Waals surface area contributed by atoms with Crippen LogP contribution in [0.25, 0.3) is 0 Å². The molecule has 0 bridgehead atoms. The molecule has 0 aliphatic heterocycles. The Hall–Kier alpha value is -1.55. The van der Waals surface area contributed by atoms with Crippen LogP contribution in [0, 0.1) is 0 Å². The Morgan fingerprint density at radius 1 is 1.24 bits per heavy atom. The normalized spacial score (nSPS) is 10.5. The second kappa shape index (κ2) is 5.68. The maximum Gasteiger partial charge on any atom is 0.180 e. The molecular formula is C13H19NO3. The number of methoxy groups -OCH3 is 2. The molecule has 0 saturated heterocycles. The molecule has 0 heterocycles.